The van der Waals surface area contributed by atoms with Crippen molar-refractivity contribution in [1.82, 2.24) is 20.9 Å². The lowest BCUT2D eigenvalue weighted by Gasteiger charge is -2.40. The van der Waals surface area contributed by atoms with E-state index in [0.717, 1.165) is 69.1 Å². The molecule has 2 heterocycles. The molecule has 9 heteroatoms. The van der Waals surface area contributed by atoms with Gasteiger partial charge in [0.1, 0.15) is 17.9 Å². The van der Waals surface area contributed by atoms with Gasteiger partial charge in [-0.1, -0.05) is 73.4 Å². The molecule has 1 saturated carbocycles. The van der Waals surface area contributed by atoms with Gasteiger partial charge in [0, 0.05) is 20.1 Å². The van der Waals surface area contributed by atoms with Gasteiger partial charge in [0.05, 0.1) is 18.2 Å². The highest BCUT2D eigenvalue weighted by Crippen LogP contribution is 2.33. The number of para-hydroxylation sites is 1. The fourth-order valence-electron chi connectivity index (χ4n) is 6.74. The number of benzene rings is 2. The van der Waals surface area contributed by atoms with E-state index in [2.05, 4.69) is 53.2 Å². The number of fused-ring (bicyclic) bond motifs is 1. The van der Waals surface area contributed by atoms with Gasteiger partial charge < -0.3 is 30.7 Å². The van der Waals surface area contributed by atoms with Crippen LogP contribution in [0.25, 0.3) is 0 Å². The Labute approximate surface area is 268 Å². The van der Waals surface area contributed by atoms with Crippen LogP contribution in [0.3, 0.4) is 0 Å². The quantitative estimate of drug-likeness (QED) is 0.407. The number of amides is 3. The molecule has 4 N–H and O–H groups in total. The van der Waals surface area contributed by atoms with Crippen molar-refractivity contribution in [3.63, 3.8) is 0 Å². The first-order valence-electron chi connectivity index (χ1n) is 16.6. The second-order valence-electron chi connectivity index (χ2n) is 13.3. The van der Waals surface area contributed by atoms with Crippen LogP contribution >= 0.6 is 0 Å². The van der Waals surface area contributed by atoms with Gasteiger partial charge in [-0.05, 0) is 76.3 Å². The number of aryl methyl sites for hydroxylation is 3. The van der Waals surface area contributed by atoms with E-state index in [-0.39, 0.29) is 30.4 Å². The standard InChI is InChI=1S/C29H44N4O5.C7H8/c1-29(2,37)26-27(35)32-18-23(34)30-16-8-13-20-11-7-12-21-14-15-22(38-25(20)21)17-31-24(28(36)33(26)3)19-9-5-4-6-10-19;1-7-5-3-2-4-6-7/h7,11-12,19,22,24,26,31,37H,4-6,8-10,13-18H2,1-3H3,(H,30,34)(H,32,35);2-6H,1H3. The normalized spacial score (nSPS) is 24.2. The van der Waals surface area contributed by atoms with E-state index >= 15 is 0 Å². The number of carbonyl (C=O) groups is 3. The van der Waals surface area contributed by atoms with Crippen molar-refractivity contribution < 1.29 is 24.2 Å². The Morgan fingerprint density at radius 3 is 2.20 bits per heavy atom. The number of hydrogen-bond acceptors (Lipinski definition) is 6. The first-order valence-corrected chi connectivity index (χ1v) is 16.6. The first-order chi connectivity index (χ1) is 21.5. The molecular formula is C36H52N4O5. The van der Waals surface area contributed by atoms with Gasteiger partial charge in [0.15, 0.2) is 0 Å². The average molecular weight is 621 g/mol. The van der Waals surface area contributed by atoms with Crippen LogP contribution in [0.4, 0.5) is 0 Å². The third-order valence-corrected chi connectivity index (χ3v) is 9.11. The molecule has 2 aliphatic heterocycles. The summed E-state index contributed by atoms with van der Waals surface area (Å²) in [6, 6.07) is 14.9. The number of nitrogens with one attached hydrogen (secondary N) is 3. The fourth-order valence-corrected chi connectivity index (χ4v) is 6.74. The predicted molar refractivity (Wildman–Crippen MR) is 176 cm³/mol. The van der Waals surface area contributed by atoms with E-state index < -0.39 is 23.6 Å². The van der Waals surface area contributed by atoms with Gasteiger partial charge in [0.25, 0.3) is 0 Å². The van der Waals surface area contributed by atoms with Crippen LogP contribution < -0.4 is 20.7 Å². The highest BCUT2D eigenvalue weighted by molar-refractivity contribution is 5.92. The largest absolute Gasteiger partial charge is 0.489 e. The Bertz CT molecular complexity index is 1270. The maximum atomic E-state index is 14.0. The summed E-state index contributed by atoms with van der Waals surface area (Å²) in [5.74, 6) is -0.00106. The molecular weight excluding hydrogens is 568 g/mol. The van der Waals surface area contributed by atoms with Crippen molar-refractivity contribution in [2.45, 2.75) is 102 Å². The summed E-state index contributed by atoms with van der Waals surface area (Å²) in [6.45, 7) is 5.90. The first kappa shape index (κ1) is 34.4. The molecule has 9 nitrogen and oxygen atoms in total. The van der Waals surface area contributed by atoms with Crippen LogP contribution in [0.15, 0.2) is 48.5 Å². The maximum absolute atomic E-state index is 14.0. The molecule has 2 bridgehead atoms. The van der Waals surface area contributed by atoms with Crippen molar-refractivity contribution in [3.8, 4) is 5.75 Å². The average Bonchev–Trinajstić information content (AvgIpc) is 3.02. The molecule has 5 rings (SSSR count). The topological polar surface area (TPSA) is 120 Å². The minimum absolute atomic E-state index is 0.0696. The molecule has 0 saturated heterocycles. The molecule has 45 heavy (non-hydrogen) atoms. The van der Waals surface area contributed by atoms with Crippen LogP contribution in [-0.2, 0) is 27.2 Å². The van der Waals surface area contributed by atoms with E-state index in [9.17, 15) is 19.5 Å². The molecule has 0 radical (unpaired) electrons. The second-order valence-corrected chi connectivity index (χ2v) is 13.3. The summed E-state index contributed by atoms with van der Waals surface area (Å²) in [7, 11) is 1.57. The number of likely N-dealkylation sites (N-methyl/N-ethyl adjacent to an activating group) is 1. The molecule has 1 aliphatic carbocycles. The van der Waals surface area contributed by atoms with Crippen LogP contribution in [0.1, 0.15) is 75.5 Å². The van der Waals surface area contributed by atoms with Crippen molar-refractivity contribution in [2.75, 3.05) is 26.7 Å². The molecule has 246 valence electrons. The lowest BCUT2D eigenvalue weighted by molar-refractivity contribution is -0.150. The van der Waals surface area contributed by atoms with Crippen LogP contribution in [0.2, 0.25) is 0 Å². The minimum Gasteiger partial charge on any atom is -0.489 e. The molecule has 2 aromatic rings. The third kappa shape index (κ3) is 9.78. The van der Waals surface area contributed by atoms with Gasteiger partial charge >= 0.3 is 0 Å². The van der Waals surface area contributed by atoms with Crippen molar-refractivity contribution in [1.29, 1.82) is 0 Å². The summed E-state index contributed by atoms with van der Waals surface area (Å²) >= 11 is 0. The number of nitrogens with zero attached hydrogens (tertiary/aromatic N) is 1. The zero-order valence-electron chi connectivity index (χ0n) is 27.4. The predicted octanol–water partition coefficient (Wildman–Crippen LogP) is 3.69. The van der Waals surface area contributed by atoms with Crippen molar-refractivity contribution in [3.05, 3.63) is 65.2 Å². The molecule has 3 unspecified atom stereocenters. The molecule has 3 amide bonds. The Morgan fingerprint density at radius 2 is 1.56 bits per heavy atom. The van der Waals surface area contributed by atoms with Crippen LogP contribution in [0.5, 0.6) is 5.75 Å². The fraction of sp³-hybridized carbons (Fsp3) is 0.583. The van der Waals surface area contributed by atoms with Crippen LogP contribution in [0, 0.1) is 12.8 Å². The molecule has 2 aromatic carbocycles. The van der Waals surface area contributed by atoms with E-state index in [1.54, 1.807) is 7.05 Å². The van der Waals surface area contributed by atoms with Gasteiger partial charge in [-0.15, -0.1) is 0 Å². The second kappa shape index (κ2) is 16.2. The number of aliphatic hydroxyl groups is 1. The highest BCUT2D eigenvalue weighted by Gasteiger charge is 2.42. The zero-order valence-corrected chi connectivity index (χ0v) is 27.4. The summed E-state index contributed by atoms with van der Waals surface area (Å²) in [4.78, 5) is 40.9. The van der Waals surface area contributed by atoms with E-state index in [1.807, 2.05) is 18.2 Å². The van der Waals surface area contributed by atoms with Gasteiger partial charge in [-0.2, -0.15) is 0 Å². The Morgan fingerprint density at radius 1 is 0.867 bits per heavy atom. The molecule has 3 aliphatic rings. The summed E-state index contributed by atoms with van der Waals surface area (Å²) in [6.07, 6.45) is 8.40. The molecule has 3 atom stereocenters. The summed E-state index contributed by atoms with van der Waals surface area (Å²) in [5, 5.41) is 19.9. The van der Waals surface area contributed by atoms with Crippen molar-refractivity contribution in [2.24, 2.45) is 5.92 Å². The Hall–Kier alpha value is -3.43. The molecule has 0 aromatic heterocycles. The number of ether oxygens (including phenoxy) is 1. The smallest absolute Gasteiger partial charge is 0.246 e. The number of hydrogen-bond donors (Lipinski definition) is 4. The SMILES string of the molecule is CN1C(=O)C(C2CCCCC2)NCC2CCc3cccc(c3O2)CCCNC(=O)CNC(=O)C1C(C)(C)O.Cc1ccccc1. The Balaban J connectivity index is 0.000000580. The third-order valence-electron chi connectivity index (χ3n) is 9.11. The van der Waals surface area contributed by atoms with Crippen molar-refractivity contribution >= 4 is 17.7 Å². The van der Waals surface area contributed by atoms with Gasteiger partial charge in [-0.3, -0.25) is 14.4 Å². The van der Waals surface area contributed by atoms with Gasteiger partial charge in [-0.25, -0.2) is 0 Å². The van der Waals surface area contributed by atoms with E-state index in [4.69, 9.17) is 4.74 Å². The monoisotopic (exact) mass is 620 g/mol. The maximum Gasteiger partial charge on any atom is 0.246 e. The summed E-state index contributed by atoms with van der Waals surface area (Å²) in [5.41, 5.74) is 2.15. The van der Waals surface area contributed by atoms with E-state index in [1.165, 1.54) is 29.9 Å². The number of rotatable bonds is 2. The summed E-state index contributed by atoms with van der Waals surface area (Å²) < 4.78 is 6.49. The number of carbonyl (C=O) groups excluding carboxylic acids is 3. The molecule has 0 spiro atoms. The Kier molecular flexibility index (Phi) is 12.4. The highest BCUT2D eigenvalue weighted by atomic mass is 16.5. The zero-order chi connectivity index (χ0) is 32.4. The lowest BCUT2D eigenvalue weighted by atomic mass is 9.82. The van der Waals surface area contributed by atoms with Gasteiger partial charge in [0.2, 0.25) is 17.7 Å². The minimum atomic E-state index is -1.50. The lowest BCUT2D eigenvalue weighted by Crippen LogP contribution is -2.63. The van der Waals surface area contributed by atoms with Crippen LogP contribution in [-0.4, -0.2) is 78.2 Å². The van der Waals surface area contributed by atoms with E-state index in [0.29, 0.717) is 13.1 Å². The molecule has 1 fully saturated rings.